The molecular formula is C25H34N8O3. The molecule has 0 radical (unpaired) electrons. The predicted octanol–water partition coefficient (Wildman–Crippen LogP) is 3.87. The fourth-order valence-electron chi connectivity index (χ4n) is 3.68. The van der Waals surface area contributed by atoms with E-state index < -0.39 is 5.66 Å². The number of nitrogens with zero attached hydrogens (tertiary/aromatic N) is 5. The van der Waals surface area contributed by atoms with E-state index in [0.29, 0.717) is 17.3 Å². The maximum Gasteiger partial charge on any atom is 0.321 e. The molecule has 4 rings (SSSR count). The zero-order chi connectivity index (χ0) is 25.9. The number of ether oxygens (including phenoxy) is 1. The van der Waals surface area contributed by atoms with Crippen LogP contribution in [-0.4, -0.2) is 57.0 Å². The van der Waals surface area contributed by atoms with Crippen molar-refractivity contribution in [2.75, 3.05) is 26.0 Å². The number of fused-ring (bicyclic) bond motifs is 1. The molecule has 0 aliphatic carbocycles. The standard InChI is InChI=1S/C25H34N8O3/c1-24(2,3)20-14-25(4,31-36-20)30-23(34)29-17-8-10-18(11-9-17)35-22-19-15-28-33(13-7-12-32(5)6)21(19)26-16-27-22/h8-11,14-16,31H,7,12-13H2,1-6H3,(H2,29,30,34). The van der Waals surface area contributed by atoms with E-state index in [9.17, 15) is 4.79 Å². The van der Waals surface area contributed by atoms with E-state index in [4.69, 9.17) is 9.57 Å². The minimum atomic E-state index is -0.814. The molecule has 2 amide bonds. The molecule has 0 saturated carbocycles. The van der Waals surface area contributed by atoms with Gasteiger partial charge in [-0.2, -0.15) is 5.10 Å². The smallest absolute Gasteiger partial charge is 0.321 e. The molecule has 0 spiro atoms. The lowest BCUT2D eigenvalue weighted by Gasteiger charge is -2.22. The van der Waals surface area contributed by atoms with Gasteiger partial charge < -0.3 is 25.1 Å². The van der Waals surface area contributed by atoms with Crippen LogP contribution >= 0.6 is 0 Å². The highest BCUT2D eigenvalue weighted by molar-refractivity contribution is 5.90. The average molecular weight is 495 g/mol. The summed E-state index contributed by atoms with van der Waals surface area (Å²) in [5.41, 5.74) is 3.23. The van der Waals surface area contributed by atoms with Gasteiger partial charge in [-0.1, -0.05) is 20.8 Å². The molecule has 0 saturated heterocycles. The maximum absolute atomic E-state index is 12.6. The van der Waals surface area contributed by atoms with Crippen LogP contribution in [0.25, 0.3) is 11.0 Å². The number of nitrogens with one attached hydrogen (secondary N) is 3. The third kappa shape index (κ3) is 6.10. The maximum atomic E-state index is 12.6. The SMILES string of the molecule is CN(C)CCCn1ncc2c(Oc3ccc(NC(=O)NC4(C)C=C(C(C)(C)C)ON4)cc3)ncnc21. The Balaban J connectivity index is 1.37. The molecule has 0 bridgehead atoms. The summed E-state index contributed by atoms with van der Waals surface area (Å²) < 4.78 is 7.86. The van der Waals surface area contributed by atoms with E-state index >= 15 is 0 Å². The number of hydroxylamine groups is 1. The van der Waals surface area contributed by atoms with Crippen molar-refractivity contribution in [1.82, 2.24) is 35.4 Å². The fourth-order valence-corrected chi connectivity index (χ4v) is 3.68. The number of rotatable bonds is 8. The zero-order valence-corrected chi connectivity index (χ0v) is 21.6. The second-order valence-corrected chi connectivity index (χ2v) is 10.3. The number of urea groups is 1. The highest BCUT2D eigenvalue weighted by Crippen LogP contribution is 2.31. The van der Waals surface area contributed by atoms with Crippen molar-refractivity contribution in [3.05, 3.63) is 48.6 Å². The molecule has 1 aromatic carbocycles. The van der Waals surface area contributed by atoms with Crippen molar-refractivity contribution in [3.8, 4) is 11.6 Å². The lowest BCUT2D eigenvalue weighted by molar-refractivity contribution is 0.0493. The molecule has 0 fully saturated rings. The predicted molar refractivity (Wildman–Crippen MR) is 137 cm³/mol. The van der Waals surface area contributed by atoms with Gasteiger partial charge >= 0.3 is 6.03 Å². The minimum Gasteiger partial charge on any atom is -0.438 e. The van der Waals surface area contributed by atoms with Gasteiger partial charge in [-0.15, -0.1) is 5.48 Å². The van der Waals surface area contributed by atoms with Gasteiger partial charge in [0.05, 0.1) is 6.20 Å². The zero-order valence-electron chi connectivity index (χ0n) is 21.6. The summed E-state index contributed by atoms with van der Waals surface area (Å²) in [7, 11) is 4.09. The summed E-state index contributed by atoms with van der Waals surface area (Å²) in [6.07, 6.45) is 6.03. The van der Waals surface area contributed by atoms with Crippen molar-refractivity contribution in [3.63, 3.8) is 0 Å². The molecule has 1 unspecified atom stereocenters. The van der Waals surface area contributed by atoms with E-state index in [2.05, 4.69) is 36.1 Å². The average Bonchev–Trinajstić information content (AvgIpc) is 3.39. The number of amides is 2. The van der Waals surface area contributed by atoms with Crippen LogP contribution in [-0.2, 0) is 11.4 Å². The number of allylic oxidation sites excluding steroid dienone is 1. The van der Waals surface area contributed by atoms with Gasteiger partial charge in [0.1, 0.15) is 28.9 Å². The van der Waals surface area contributed by atoms with Crippen LogP contribution < -0.4 is 20.9 Å². The minimum absolute atomic E-state index is 0.168. The monoisotopic (exact) mass is 494 g/mol. The second-order valence-electron chi connectivity index (χ2n) is 10.3. The van der Waals surface area contributed by atoms with E-state index in [0.717, 1.165) is 36.3 Å². The largest absolute Gasteiger partial charge is 0.438 e. The molecule has 3 N–H and O–H groups in total. The Bertz CT molecular complexity index is 1250. The van der Waals surface area contributed by atoms with Crippen LogP contribution in [0.4, 0.5) is 10.5 Å². The van der Waals surface area contributed by atoms with E-state index in [-0.39, 0.29) is 11.4 Å². The molecule has 11 nitrogen and oxygen atoms in total. The van der Waals surface area contributed by atoms with Crippen LogP contribution in [0.1, 0.15) is 34.1 Å². The first-order valence-corrected chi connectivity index (χ1v) is 11.9. The van der Waals surface area contributed by atoms with Crippen LogP contribution in [0.2, 0.25) is 0 Å². The summed E-state index contributed by atoms with van der Waals surface area (Å²) in [5, 5.41) is 10.9. The normalized spacial score (nSPS) is 17.7. The number of aromatic nitrogens is 4. The molecule has 192 valence electrons. The summed E-state index contributed by atoms with van der Waals surface area (Å²) >= 11 is 0. The van der Waals surface area contributed by atoms with Crippen molar-refractivity contribution in [2.45, 2.75) is 46.3 Å². The molecule has 1 atom stereocenters. The Hall–Kier alpha value is -3.70. The number of hydrogen-bond donors (Lipinski definition) is 3. The van der Waals surface area contributed by atoms with Gasteiger partial charge in [0.25, 0.3) is 0 Å². The lowest BCUT2D eigenvalue weighted by atomic mass is 9.92. The molecule has 11 heteroatoms. The first kappa shape index (κ1) is 25.4. The quantitative estimate of drug-likeness (QED) is 0.432. The summed E-state index contributed by atoms with van der Waals surface area (Å²) in [4.78, 5) is 28.9. The summed E-state index contributed by atoms with van der Waals surface area (Å²) in [6.45, 7) is 9.68. The van der Waals surface area contributed by atoms with Crippen molar-refractivity contribution in [2.24, 2.45) is 5.41 Å². The molecule has 1 aliphatic rings. The number of hydrogen-bond acceptors (Lipinski definition) is 8. The third-order valence-electron chi connectivity index (χ3n) is 5.60. The fraction of sp³-hybridized carbons (Fsp3) is 0.440. The number of benzene rings is 1. The Kier molecular flexibility index (Phi) is 7.14. The Morgan fingerprint density at radius 2 is 1.97 bits per heavy atom. The molecule has 3 heterocycles. The van der Waals surface area contributed by atoms with Gasteiger partial charge in [-0.05, 0) is 64.3 Å². The highest BCUT2D eigenvalue weighted by Gasteiger charge is 2.35. The van der Waals surface area contributed by atoms with Gasteiger partial charge in [-0.25, -0.2) is 19.4 Å². The van der Waals surface area contributed by atoms with Gasteiger partial charge in [0, 0.05) is 17.6 Å². The molecule has 2 aromatic heterocycles. The van der Waals surface area contributed by atoms with E-state index in [1.54, 1.807) is 30.5 Å². The first-order chi connectivity index (χ1) is 17.0. The Morgan fingerprint density at radius 3 is 2.64 bits per heavy atom. The van der Waals surface area contributed by atoms with Crippen molar-refractivity contribution in [1.29, 1.82) is 0 Å². The first-order valence-electron chi connectivity index (χ1n) is 11.9. The van der Waals surface area contributed by atoms with Gasteiger partial charge in [0.15, 0.2) is 5.65 Å². The molecule has 3 aromatic rings. The second kappa shape index (κ2) is 10.1. The molecule has 36 heavy (non-hydrogen) atoms. The number of carbonyl (C=O) groups is 1. The molecule has 1 aliphatic heterocycles. The molecular weight excluding hydrogens is 460 g/mol. The van der Waals surface area contributed by atoms with Crippen LogP contribution in [0.3, 0.4) is 0 Å². The van der Waals surface area contributed by atoms with Crippen LogP contribution in [0.15, 0.2) is 48.6 Å². The van der Waals surface area contributed by atoms with Crippen LogP contribution in [0.5, 0.6) is 11.6 Å². The van der Waals surface area contributed by atoms with E-state index in [1.165, 1.54) is 6.33 Å². The summed E-state index contributed by atoms with van der Waals surface area (Å²) in [5.74, 6) is 1.78. The number of aryl methyl sites for hydroxylation is 1. The third-order valence-corrected chi connectivity index (χ3v) is 5.60. The van der Waals surface area contributed by atoms with Crippen molar-refractivity contribution < 1.29 is 14.4 Å². The van der Waals surface area contributed by atoms with Gasteiger partial charge in [-0.3, -0.25) is 0 Å². The Labute approximate surface area is 210 Å². The lowest BCUT2D eigenvalue weighted by Crippen LogP contribution is -2.53. The number of anilines is 1. The van der Waals surface area contributed by atoms with Gasteiger partial charge in [0.2, 0.25) is 5.88 Å². The number of carbonyl (C=O) groups excluding carboxylic acids is 1. The Morgan fingerprint density at radius 1 is 1.22 bits per heavy atom. The highest BCUT2D eigenvalue weighted by atomic mass is 16.7. The summed E-state index contributed by atoms with van der Waals surface area (Å²) in [6, 6.07) is 6.68. The van der Waals surface area contributed by atoms with Crippen molar-refractivity contribution >= 4 is 22.8 Å². The van der Waals surface area contributed by atoms with E-state index in [1.807, 2.05) is 52.5 Å². The van der Waals surface area contributed by atoms with Crippen LogP contribution in [0, 0.1) is 5.41 Å². The topological polar surface area (TPSA) is 118 Å².